The van der Waals surface area contributed by atoms with Crippen molar-refractivity contribution in [2.45, 2.75) is 32.7 Å². The molecule has 1 unspecified atom stereocenters. The summed E-state index contributed by atoms with van der Waals surface area (Å²) in [5, 5.41) is 6.19. The quantitative estimate of drug-likeness (QED) is 0.536. The number of allylic oxidation sites excluding steroid dienone is 2. The van der Waals surface area contributed by atoms with Gasteiger partial charge in [0.25, 0.3) is 0 Å². The monoisotopic (exact) mass is 439 g/mol. The van der Waals surface area contributed by atoms with Gasteiger partial charge in [-0.2, -0.15) is 5.10 Å². The maximum absolute atomic E-state index is 13.1. The molecule has 1 saturated heterocycles. The van der Waals surface area contributed by atoms with Crippen LogP contribution in [0.4, 0.5) is 5.69 Å². The van der Waals surface area contributed by atoms with Gasteiger partial charge in [0.1, 0.15) is 0 Å². The third-order valence-corrected chi connectivity index (χ3v) is 7.71. The Bertz CT molecular complexity index is 1220. The summed E-state index contributed by atoms with van der Waals surface area (Å²) in [4.78, 5) is 39.8. The zero-order chi connectivity index (χ0) is 22.9. The van der Waals surface area contributed by atoms with E-state index in [9.17, 15) is 14.4 Å². The van der Waals surface area contributed by atoms with Crippen molar-refractivity contribution < 1.29 is 14.4 Å². The number of fused-ring (bicyclic) bond motifs is 5. The fraction of sp³-hybridized carbons (Fsp3) is 0.333. The number of hydrogen-bond acceptors (Lipinski definition) is 4. The van der Waals surface area contributed by atoms with Crippen LogP contribution in [0.15, 0.2) is 65.8 Å². The van der Waals surface area contributed by atoms with Gasteiger partial charge in [-0.25, -0.2) is 5.01 Å². The molecule has 2 aromatic carbocycles. The van der Waals surface area contributed by atoms with Crippen LogP contribution in [0, 0.1) is 30.6 Å². The van der Waals surface area contributed by atoms with Crippen molar-refractivity contribution in [1.82, 2.24) is 5.01 Å². The van der Waals surface area contributed by atoms with Gasteiger partial charge in [-0.15, -0.1) is 0 Å². The summed E-state index contributed by atoms with van der Waals surface area (Å²) in [6, 6.07) is 15.4. The van der Waals surface area contributed by atoms with Crippen molar-refractivity contribution in [2.24, 2.45) is 28.8 Å². The molecule has 2 aliphatic carbocycles. The van der Waals surface area contributed by atoms with Gasteiger partial charge in [-0.1, -0.05) is 48.6 Å². The Morgan fingerprint density at radius 3 is 2.18 bits per heavy atom. The van der Waals surface area contributed by atoms with Gasteiger partial charge < -0.3 is 0 Å². The highest BCUT2D eigenvalue weighted by atomic mass is 16.2. The average molecular weight is 440 g/mol. The Morgan fingerprint density at radius 2 is 1.58 bits per heavy atom. The van der Waals surface area contributed by atoms with Crippen molar-refractivity contribution >= 4 is 29.1 Å². The van der Waals surface area contributed by atoms with Crippen LogP contribution in [-0.2, 0) is 14.4 Å². The second kappa shape index (κ2) is 7.24. The van der Waals surface area contributed by atoms with Gasteiger partial charge in [0.05, 0.1) is 29.3 Å². The first kappa shape index (κ1) is 20.1. The zero-order valence-corrected chi connectivity index (χ0v) is 18.6. The van der Waals surface area contributed by atoms with Crippen LogP contribution in [0.1, 0.15) is 42.5 Å². The lowest BCUT2D eigenvalue weighted by Crippen LogP contribution is -2.32. The van der Waals surface area contributed by atoms with Gasteiger partial charge in [0.2, 0.25) is 17.7 Å². The minimum Gasteiger partial charge on any atom is -0.274 e. The number of hydrogen-bond donors (Lipinski definition) is 0. The highest BCUT2D eigenvalue weighted by Crippen LogP contribution is 2.53. The largest absolute Gasteiger partial charge is 0.274 e. The Kier molecular flexibility index (Phi) is 4.41. The number of anilines is 1. The van der Waals surface area contributed by atoms with Crippen LogP contribution in [0.25, 0.3) is 0 Å². The van der Waals surface area contributed by atoms with Crippen molar-refractivity contribution in [3.05, 3.63) is 77.4 Å². The lowest BCUT2D eigenvalue weighted by atomic mass is 9.85. The fourth-order valence-corrected chi connectivity index (χ4v) is 6.14. The summed E-state index contributed by atoms with van der Waals surface area (Å²) in [5.74, 6) is -0.256. The molecule has 166 valence electrons. The number of imide groups is 1. The van der Waals surface area contributed by atoms with E-state index < -0.39 is 0 Å². The van der Waals surface area contributed by atoms with E-state index in [4.69, 9.17) is 0 Å². The highest BCUT2D eigenvalue weighted by molar-refractivity contribution is 6.23. The van der Waals surface area contributed by atoms with Gasteiger partial charge >= 0.3 is 0 Å². The molecule has 0 aromatic heterocycles. The smallest absolute Gasteiger partial charge is 0.240 e. The van der Waals surface area contributed by atoms with Gasteiger partial charge in [-0.3, -0.25) is 19.3 Å². The van der Waals surface area contributed by atoms with Crippen LogP contribution in [0.5, 0.6) is 0 Å². The van der Waals surface area contributed by atoms with Crippen molar-refractivity contribution in [1.29, 1.82) is 0 Å². The molecule has 4 aliphatic rings. The molecule has 33 heavy (non-hydrogen) atoms. The summed E-state index contributed by atoms with van der Waals surface area (Å²) in [6.07, 6.45) is 5.75. The standard InChI is InChI=1S/C27H25N3O3/c1-15-5-3-4-6-21(15)23-14-22(28-30(23)16(2)31)17-9-11-20(12-10-17)29-26(32)24-18-7-8-19(13-18)25(24)27(29)33/h3-12,18-19,23-25H,13-14H2,1-2H3/t18-,19+,23?,24-,25+. The summed E-state index contributed by atoms with van der Waals surface area (Å²) in [5.41, 5.74) is 4.54. The lowest BCUT2D eigenvalue weighted by molar-refractivity contribution is -0.130. The molecular weight excluding hydrogens is 414 g/mol. The van der Waals surface area contributed by atoms with Crippen molar-refractivity contribution in [3.63, 3.8) is 0 Å². The molecule has 1 saturated carbocycles. The molecule has 2 heterocycles. The minimum absolute atomic E-state index is 0.0739. The molecule has 2 bridgehead atoms. The highest BCUT2D eigenvalue weighted by Gasteiger charge is 2.59. The summed E-state index contributed by atoms with van der Waals surface area (Å²) < 4.78 is 0. The van der Waals surface area contributed by atoms with E-state index in [2.05, 4.69) is 17.3 Å². The molecule has 2 fully saturated rings. The number of aryl methyl sites for hydroxylation is 1. The van der Waals surface area contributed by atoms with E-state index in [0.29, 0.717) is 12.1 Å². The molecule has 6 rings (SSSR count). The summed E-state index contributed by atoms with van der Waals surface area (Å²) in [7, 11) is 0. The number of amides is 3. The molecule has 0 N–H and O–H groups in total. The van der Waals surface area contributed by atoms with E-state index in [1.54, 1.807) is 5.01 Å². The van der Waals surface area contributed by atoms with E-state index >= 15 is 0 Å². The number of carbonyl (C=O) groups excluding carboxylic acids is 3. The topological polar surface area (TPSA) is 70.1 Å². The first-order valence-corrected chi connectivity index (χ1v) is 11.5. The van der Waals surface area contributed by atoms with Gasteiger partial charge in [-0.05, 0) is 54.0 Å². The number of nitrogens with zero attached hydrogens (tertiary/aromatic N) is 3. The van der Waals surface area contributed by atoms with Crippen LogP contribution in [0.2, 0.25) is 0 Å². The van der Waals surface area contributed by atoms with Crippen molar-refractivity contribution in [2.75, 3.05) is 4.90 Å². The van der Waals surface area contributed by atoms with E-state index in [-0.39, 0.29) is 47.4 Å². The van der Waals surface area contributed by atoms with E-state index in [1.165, 1.54) is 11.8 Å². The Morgan fingerprint density at radius 1 is 0.939 bits per heavy atom. The molecule has 2 aliphatic heterocycles. The summed E-state index contributed by atoms with van der Waals surface area (Å²) >= 11 is 0. The maximum atomic E-state index is 13.1. The molecule has 3 amide bonds. The molecule has 5 atom stereocenters. The molecule has 6 nitrogen and oxygen atoms in total. The van der Waals surface area contributed by atoms with Crippen LogP contribution >= 0.6 is 0 Å². The SMILES string of the molecule is CC(=O)N1N=C(c2ccc(N3C(=O)[C@@H]4[C@H](C3=O)[C@@H]3C=C[C@H]4C3)cc2)CC1c1ccccc1C. The minimum atomic E-state index is -0.203. The normalized spacial score (nSPS) is 29.8. The van der Waals surface area contributed by atoms with E-state index in [1.807, 2.05) is 55.5 Å². The predicted molar refractivity (Wildman–Crippen MR) is 124 cm³/mol. The number of rotatable bonds is 3. The summed E-state index contributed by atoms with van der Waals surface area (Å²) in [6.45, 7) is 3.58. The number of benzene rings is 2. The zero-order valence-electron chi connectivity index (χ0n) is 18.6. The van der Waals surface area contributed by atoms with Crippen LogP contribution in [0.3, 0.4) is 0 Å². The number of hydrazone groups is 1. The third kappa shape index (κ3) is 2.93. The maximum Gasteiger partial charge on any atom is 0.240 e. The molecule has 0 radical (unpaired) electrons. The molecule has 2 aromatic rings. The lowest BCUT2D eigenvalue weighted by Gasteiger charge is -2.22. The van der Waals surface area contributed by atoms with Gasteiger partial charge in [0.15, 0.2) is 0 Å². The second-order valence-corrected chi connectivity index (χ2v) is 9.55. The molecule has 6 heteroatoms. The third-order valence-electron chi connectivity index (χ3n) is 7.71. The van der Waals surface area contributed by atoms with Crippen molar-refractivity contribution in [3.8, 4) is 0 Å². The average Bonchev–Trinajstić information content (AvgIpc) is 3.57. The second-order valence-electron chi connectivity index (χ2n) is 9.55. The molecule has 0 spiro atoms. The molecular formula is C27H25N3O3. The van der Waals surface area contributed by atoms with E-state index in [0.717, 1.165) is 28.8 Å². The Labute approximate surface area is 192 Å². The Hall–Kier alpha value is -3.54. The van der Waals surface area contributed by atoms with Crippen LogP contribution in [-0.4, -0.2) is 28.4 Å². The predicted octanol–water partition coefficient (Wildman–Crippen LogP) is 4.00. The first-order chi connectivity index (χ1) is 15.9. The first-order valence-electron chi connectivity index (χ1n) is 11.5. The fourth-order valence-electron chi connectivity index (χ4n) is 6.14. The van der Waals surface area contributed by atoms with Crippen LogP contribution < -0.4 is 4.90 Å². The van der Waals surface area contributed by atoms with Gasteiger partial charge in [0, 0.05) is 13.3 Å². The Balaban J connectivity index is 1.26. The number of carbonyl (C=O) groups is 3.